The van der Waals surface area contributed by atoms with E-state index in [9.17, 15) is 0 Å². The standard InChI is InChI=1S/C15H27N3S/c1-4-7-18-8-5-13(6-9-18)14(10-16)15-17-11(2)12(3)19-15/h13-14H,4-10,16H2,1-3H3. The summed E-state index contributed by atoms with van der Waals surface area (Å²) in [6, 6.07) is 0. The molecule has 1 unspecified atom stereocenters. The summed E-state index contributed by atoms with van der Waals surface area (Å²) in [5.41, 5.74) is 7.22. The minimum absolute atomic E-state index is 0.473. The number of nitrogens with two attached hydrogens (primary N) is 1. The molecule has 0 aromatic carbocycles. The molecule has 0 saturated carbocycles. The molecule has 4 heteroatoms. The number of nitrogens with zero attached hydrogens (tertiary/aromatic N) is 2. The summed E-state index contributed by atoms with van der Waals surface area (Å²) in [7, 11) is 0. The Bertz CT molecular complexity index is 375. The van der Waals surface area contributed by atoms with Gasteiger partial charge in [-0.15, -0.1) is 11.3 Å². The Labute approximate surface area is 121 Å². The normalized spacial score (nSPS) is 19.8. The number of aromatic nitrogens is 1. The molecule has 1 saturated heterocycles. The molecule has 0 amide bonds. The van der Waals surface area contributed by atoms with Gasteiger partial charge in [0.2, 0.25) is 0 Å². The zero-order chi connectivity index (χ0) is 13.8. The van der Waals surface area contributed by atoms with Crippen molar-refractivity contribution < 1.29 is 0 Å². The molecule has 0 bridgehead atoms. The zero-order valence-electron chi connectivity index (χ0n) is 12.5. The molecule has 2 heterocycles. The van der Waals surface area contributed by atoms with Crippen LogP contribution in [-0.4, -0.2) is 36.1 Å². The smallest absolute Gasteiger partial charge is 0.0977 e. The molecule has 1 aliphatic rings. The third kappa shape index (κ3) is 3.56. The second-order valence-electron chi connectivity index (χ2n) is 5.71. The number of aryl methyl sites for hydroxylation is 2. The number of likely N-dealkylation sites (tertiary alicyclic amines) is 1. The van der Waals surface area contributed by atoms with Gasteiger partial charge in [-0.05, 0) is 58.7 Å². The number of piperidine rings is 1. The van der Waals surface area contributed by atoms with E-state index in [1.54, 1.807) is 0 Å². The Morgan fingerprint density at radius 1 is 1.37 bits per heavy atom. The van der Waals surface area contributed by atoms with Crippen molar-refractivity contribution in [3.05, 3.63) is 15.6 Å². The maximum Gasteiger partial charge on any atom is 0.0977 e. The first-order valence-electron chi connectivity index (χ1n) is 7.52. The summed E-state index contributed by atoms with van der Waals surface area (Å²) in [5.74, 6) is 1.20. The van der Waals surface area contributed by atoms with Crippen molar-refractivity contribution in [3.8, 4) is 0 Å². The summed E-state index contributed by atoms with van der Waals surface area (Å²) in [6.07, 6.45) is 3.81. The second kappa shape index (κ2) is 6.82. The fourth-order valence-electron chi connectivity index (χ4n) is 3.05. The summed E-state index contributed by atoms with van der Waals surface area (Å²) >= 11 is 1.85. The van der Waals surface area contributed by atoms with Crippen molar-refractivity contribution in [3.63, 3.8) is 0 Å². The Morgan fingerprint density at radius 3 is 2.53 bits per heavy atom. The van der Waals surface area contributed by atoms with E-state index in [4.69, 9.17) is 10.7 Å². The fraction of sp³-hybridized carbons (Fsp3) is 0.800. The van der Waals surface area contributed by atoms with Crippen LogP contribution in [0.4, 0.5) is 0 Å². The van der Waals surface area contributed by atoms with E-state index in [0.29, 0.717) is 5.92 Å². The number of rotatable bonds is 5. The highest BCUT2D eigenvalue weighted by atomic mass is 32.1. The Hall–Kier alpha value is -0.450. The molecule has 1 aromatic heterocycles. The lowest BCUT2D eigenvalue weighted by Crippen LogP contribution is -2.37. The molecule has 0 radical (unpaired) electrons. The molecule has 1 aliphatic heterocycles. The molecule has 1 atom stereocenters. The van der Waals surface area contributed by atoms with Gasteiger partial charge in [-0.25, -0.2) is 4.98 Å². The average molecular weight is 281 g/mol. The molecule has 108 valence electrons. The van der Waals surface area contributed by atoms with Crippen LogP contribution in [-0.2, 0) is 0 Å². The van der Waals surface area contributed by atoms with Crippen LogP contribution in [0.2, 0.25) is 0 Å². The Kier molecular flexibility index (Phi) is 5.37. The number of hydrogen-bond acceptors (Lipinski definition) is 4. The van der Waals surface area contributed by atoms with E-state index in [2.05, 4.69) is 25.7 Å². The monoisotopic (exact) mass is 281 g/mol. The maximum absolute atomic E-state index is 6.04. The minimum atomic E-state index is 0.473. The van der Waals surface area contributed by atoms with Crippen LogP contribution in [0.25, 0.3) is 0 Å². The summed E-state index contributed by atoms with van der Waals surface area (Å²) in [4.78, 5) is 8.67. The topological polar surface area (TPSA) is 42.1 Å². The van der Waals surface area contributed by atoms with Crippen LogP contribution in [0.5, 0.6) is 0 Å². The van der Waals surface area contributed by atoms with Gasteiger partial charge < -0.3 is 10.6 Å². The van der Waals surface area contributed by atoms with E-state index >= 15 is 0 Å². The molecule has 3 nitrogen and oxygen atoms in total. The van der Waals surface area contributed by atoms with Crippen molar-refractivity contribution >= 4 is 11.3 Å². The predicted octanol–water partition coefficient (Wildman–Crippen LogP) is 2.92. The van der Waals surface area contributed by atoms with Gasteiger partial charge in [-0.1, -0.05) is 6.92 Å². The third-order valence-corrected chi connectivity index (χ3v) is 5.56. The zero-order valence-corrected chi connectivity index (χ0v) is 13.3. The number of hydrogen-bond donors (Lipinski definition) is 1. The van der Waals surface area contributed by atoms with Gasteiger partial charge in [-0.3, -0.25) is 0 Å². The highest BCUT2D eigenvalue weighted by molar-refractivity contribution is 7.11. The van der Waals surface area contributed by atoms with Crippen molar-refractivity contribution in [1.82, 2.24) is 9.88 Å². The average Bonchev–Trinajstić information content (AvgIpc) is 2.73. The van der Waals surface area contributed by atoms with Gasteiger partial charge in [0.25, 0.3) is 0 Å². The molecular formula is C15H27N3S. The van der Waals surface area contributed by atoms with Crippen molar-refractivity contribution in [1.29, 1.82) is 0 Å². The van der Waals surface area contributed by atoms with Crippen LogP contribution >= 0.6 is 11.3 Å². The van der Waals surface area contributed by atoms with Gasteiger partial charge in [0, 0.05) is 17.3 Å². The summed E-state index contributed by atoms with van der Waals surface area (Å²) < 4.78 is 0. The van der Waals surface area contributed by atoms with Crippen LogP contribution < -0.4 is 5.73 Å². The van der Waals surface area contributed by atoms with E-state index in [1.807, 2.05) is 11.3 Å². The van der Waals surface area contributed by atoms with E-state index < -0.39 is 0 Å². The first-order chi connectivity index (χ1) is 9.15. The SMILES string of the molecule is CCCN1CCC(C(CN)c2nc(C)c(C)s2)CC1. The van der Waals surface area contributed by atoms with Crippen molar-refractivity contribution in [2.75, 3.05) is 26.2 Å². The van der Waals surface area contributed by atoms with Gasteiger partial charge in [0.15, 0.2) is 0 Å². The maximum atomic E-state index is 6.04. The molecule has 2 N–H and O–H groups in total. The summed E-state index contributed by atoms with van der Waals surface area (Å²) in [5, 5.41) is 1.27. The lowest BCUT2D eigenvalue weighted by atomic mass is 9.84. The molecule has 0 spiro atoms. The predicted molar refractivity (Wildman–Crippen MR) is 82.8 cm³/mol. The molecule has 1 fully saturated rings. The highest BCUT2D eigenvalue weighted by Crippen LogP contribution is 2.34. The largest absolute Gasteiger partial charge is 0.330 e. The van der Waals surface area contributed by atoms with E-state index in [-0.39, 0.29) is 0 Å². The Morgan fingerprint density at radius 2 is 2.05 bits per heavy atom. The molecule has 0 aliphatic carbocycles. The molecule has 19 heavy (non-hydrogen) atoms. The van der Waals surface area contributed by atoms with Crippen LogP contribution in [0.3, 0.4) is 0 Å². The van der Waals surface area contributed by atoms with Crippen LogP contribution in [0.1, 0.15) is 47.7 Å². The third-order valence-electron chi connectivity index (χ3n) is 4.36. The lowest BCUT2D eigenvalue weighted by Gasteiger charge is -2.35. The molecular weight excluding hydrogens is 254 g/mol. The molecule has 2 rings (SSSR count). The summed E-state index contributed by atoms with van der Waals surface area (Å²) in [6.45, 7) is 11.0. The lowest BCUT2D eigenvalue weighted by molar-refractivity contribution is 0.169. The highest BCUT2D eigenvalue weighted by Gasteiger charge is 2.28. The van der Waals surface area contributed by atoms with Crippen molar-refractivity contribution in [2.45, 2.75) is 46.0 Å². The first kappa shape index (κ1) is 14.9. The van der Waals surface area contributed by atoms with Gasteiger partial charge >= 0.3 is 0 Å². The van der Waals surface area contributed by atoms with Crippen LogP contribution in [0, 0.1) is 19.8 Å². The minimum Gasteiger partial charge on any atom is -0.330 e. The van der Waals surface area contributed by atoms with Gasteiger partial charge in [0.05, 0.1) is 10.7 Å². The van der Waals surface area contributed by atoms with Crippen molar-refractivity contribution in [2.24, 2.45) is 11.7 Å². The molecule has 1 aromatic rings. The quantitative estimate of drug-likeness (QED) is 0.902. The van der Waals surface area contributed by atoms with Gasteiger partial charge in [0.1, 0.15) is 0 Å². The Balaban J connectivity index is 1.99. The second-order valence-corrected chi connectivity index (χ2v) is 6.95. The van der Waals surface area contributed by atoms with E-state index in [1.165, 1.54) is 54.5 Å². The van der Waals surface area contributed by atoms with Crippen LogP contribution in [0.15, 0.2) is 0 Å². The van der Waals surface area contributed by atoms with Gasteiger partial charge in [-0.2, -0.15) is 0 Å². The fourth-order valence-corrected chi connectivity index (χ4v) is 4.18. The first-order valence-corrected chi connectivity index (χ1v) is 8.33. The number of thiazole rings is 1. The van der Waals surface area contributed by atoms with E-state index in [0.717, 1.165) is 12.5 Å².